The number of carbonyl (C=O) groups is 1. The van der Waals surface area contributed by atoms with Crippen LogP contribution in [0.1, 0.15) is 41.8 Å². The number of anilines is 2. The monoisotopic (exact) mass is 450 g/mol. The minimum Gasteiger partial charge on any atom is -0.382 e. The first-order chi connectivity index (χ1) is 14.5. The van der Waals surface area contributed by atoms with Gasteiger partial charge in [-0.1, -0.05) is 0 Å². The van der Waals surface area contributed by atoms with Crippen LogP contribution in [-0.2, 0) is 11.0 Å². The highest BCUT2D eigenvalue weighted by molar-refractivity contribution is 5.97. The highest BCUT2D eigenvalue weighted by atomic mass is 19.4. The molecule has 4 rings (SSSR count). The molecular formula is C17H16F6N6O2. The van der Waals surface area contributed by atoms with Gasteiger partial charge in [0.05, 0.1) is 5.69 Å². The minimum absolute atomic E-state index is 0.0701. The van der Waals surface area contributed by atoms with Crippen LogP contribution in [0.4, 0.5) is 38.0 Å². The standard InChI is InChI=1S/C17H16F6N6O2/c18-16(19,20)10-9-11(27-28-13(9)26-14(31)12(10)30)7-2-5-29(6-3-7)8-1-4-24-15(25-8)17(21,22)23/h1,4,7,10,12,30H,2-3,5-6H2,(H2,26,27,28,31). The first-order valence-electron chi connectivity index (χ1n) is 9.26. The van der Waals surface area contributed by atoms with Crippen molar-refractivity contribution in [1.29, 1.82) is 0 Å². The van der Waals surface area contributed by atoms with Crippen molar-refractivity contribution >= 4 is 17.5 Å². The number of hydrogen-bond donors (Lipinski definition) is 3. The van der Waals surface area contributed by atoms with Crippen molar-refractivity contribution < 1.29 is 36.2 Å². The van der Waals surface area contributed by atoms with E-state index in [2.05, 4.69) is 25.5 Å². The number of hydrogen-bond acceptors (Lipinski definition) is 6. The van der Waals surface area contributed by atoms with E-state index in [1.165, 1.54) is 6.07 Å². The van der Waals surface area contributed by atoms with E-state index in [1.54, 1.807) is 4.90 Å². The minimum atomic E-state index is -4.87. The zero-order valence-electron chi connectivity index (χ0n) is 15.6. The molecule has 1 amide bonds. The fourth-order valence-electron chi connectivity index (χ4n) is 3.98. The van der Waals surface area contributed by atoms with Crippen molar-refractivity contribution in [2.24, 2.45) is 0 Å². The first kappa shape index (κ1) is 21.3. The molecule has 2 aromatic heterocycles. The molecule has 0 aliphatic carbocycles. The number of rotatable bonds is 2. The van der Waals surface area contributed by atoms with Gasteiger partial charge in [0.1, 0.15) is 23.7 Å². The number of nitrogens with one attached hydrogen (secondary N) is 2. The number of amides is 1. The van der Waals surface area contributed by atoms with Gasteiger partial charge in [0, 0.05) is 30.8 Å². The third-order valence-corrected chi connectivity index (χ3v) is 5.43. The number of aromatic nitrogens is 4. The van der Waals surface area contributed by atoms with Gasteiger partial charge in [0.2, 0.25) is 5.82 Å². The summed E-state index contributed by atoms with van der Waals surface area (Å²) in [6.45, 7) is 0.457. The molecule has 3 N–H and O–H groups in total. The molecular weight excluding hydrogens is 434 g/mol. The van der Waals surface area contributed by atoms with Crippen LogP contribution in [0.25, 0.3) is 0 Å². The molecule has 2 aliphatic rings. The second-order valence-electron chi connectivity index (χ2n) is 7.35. The molecule has 2 aromatic rings. The van der Waals surface area contributed by atoms with Gasteiger partial charge in [-0.05, 0) is 18.9 Å². The smallest absolute Gasteiger partial charge is 0.382 e. The van der Waals surface area contributed by atoms with Crippen molar-refractivity contribution in [3.05, 3.63) is 29.3 Å². The Kier molecular flexibility index (Phi) is 5.06. The van der Waals surface area contributed by atoms with Crippen molar-refractivity contribution in [2.45, 2.75) is 43.1 Å². The third kappa shape index (κ3) is 3.91. The van der Waals surface area contributed by atoms with Crippen LogP contribution in [0.15, 0.2) is 12.3 Å². The first-order valence-corrected chi connectivity index (χ1v) is 9.26. The molecule has 2 atom stereocenters. The van der Waals surface area contributed by atoms with Crippen LogP contribution >= 0.6 is 0 Å². The second-order valence-corrected chi connectivity index (χ2v) is 7.35. The lowest BCUT2D eigenvalue weighted by molar-refractivity contribution is -0.177. The molecule has 0 radical (unpaired) electrons. The fraction of sp³-hybridized carbons (Fsp3) is 0.529. The Balaban J connectivity index is 1.55. The van der Waals surface area contributed by atoms with Gasteiger partial charge in [-0.15, -0.1) is 0 Å². The number of alkyl halides is 6. The molecule has 0 aromatic carbocycles. The van der Waals surface area contributed by atoms with E-state index in [4.69, 9.17) is 0 Å². The third-order valence-electron chi connectivity index (χ3n) is 5.43. The maximum atomic E-state index is 13.6. The van der Waals surface area contributed by atoms with Crippen LogP contribution in [0.5, 0.6) is 0 Å². The van der Waals surface area contributed by atoms with Crippen molar-refractivity contribution in [1.82, 2.24) is 20.2 Å². The number of H-pyrrole nitrogens is 1. The summed E-state index contributed by atoms with van der Waals surface area (Å²) in [7, 11) is 0. The SMILES string of the molecule is O=C1Nc2[nH]nc(C3CCN(c4ccnc(C(F)(F)F)n4)CC3)c2C(C(F)(F)F)C1O. The lowest BCUT2D eigenvalue weighted by Crippen LogP contribution is -2.44. The fourth-order valence-corrected chi connectivity index (χ4v) is 3.98. The number of halogens is 6. The number of fused-ring (bicyclic) bond motifs is 1. The molecule has 2 unspecified atom stereocenters. The summed E-state index contributed by atoms with van der Waals surface area (Å²) in [5.74, 6) is -5.46. The molecule has 31 heavy (non-hydrogen) atoms. The molecule has 0 spiro atoms. The van der Waals surface area contributed by atoms with Gasteiger partial charge in [0.15, 0.2) is 0 Å². The number of aliphatic hydroxyl groups excluding tert-OH is 1. The predicted octanol–water partition coefficient (Wildman–Crippen LogP) is 2.56. The molecule has 1 fully saturated rings. The van der Waals surface area contributed by atoms with Crippen LogP contribution in [0.3, 0.4) is 0 Å². The van der Waals surface area contributed by atoms with E-state index in [1.807, 2.05) is 0 Å². The molecule has 14 heteroatoms. The van der Waals surface area contributed by atoms with E-state index in [0.29, 0.717) is 0 Å². The van der Waals surface area contributed by atoms with Gasteiger partial charge in [-0.2, -0.15) is 31.4 Å². The van der Waals surface area contributed by atoms with E-state index in [0.717, 1.165) is 6.20 Å². The van der Waals surface area contributed by atoms with Crippen LogP contribution in [0, 0.1) is 0 Å². The van der Waals surface area contributed by atoms with Gasteiger partial charge < -0.3 is 15.3 Å². The summed E-state index contributed by atoms with van der Waals surface area (Å²) in [6.07, 6.45) is -10.3. The largest absolute Gasteiger partial charge is 0.451 e. The Bertz CT molecular complexity index is 982. The molecule has 8 nitrogen and oxygen atoms in total. The van der Waals surface area contributed by atoms with Crippen molar-refractivity contribution in [2.75, 3.05) is 23.3 Å². The predicted molar refractivity (Wildman–Crippen MR) is 93.2 cm³/mol. The molecule has 0 bridgehead atoms. The Morgan fingerprint density at radius 3 is 2.42 bits per heavy atom. The quantitative estimate of drug-likeness (QED) is 0.608. The number of carbonyl (C=O) groups excluding carboxylic acids is 1. The van der Waals surface area contributed by atoms with Crippen LogP contribution in [-0.4, -0.2) is 56.5 Å². The zero-order valence-corrected chi connectivity index (χ0v) is 15.6. The van der Waals surface area contributed by atoms with Crippen molar-refractivity contribution in [3.63, 3.8) is 0 Å². The number of aliphatic hydroxyl groups is 1. The van der Waals surface area contributed by atoms with Crippen LogP contribution in [0.2, 0.25) is 0 Å². The normalized spacial score (nSPS) is 22.9. The van der Waals surface area contributed by atoms with Crippen molar-refractivity contribution in [3.8, 4) is 0 Å². The maximum Gasteiger partial charge on any atom is 0.451 e. The molecule has 4 heterocycles. The van der Waals surface area contributed by atoms with Crippen LogP contribution < -0.4 is 10.2 Å². The zero-order chi connectivity index (χ0) is 22.6. The van der Waals surface area contributed by atoms with E-state index in [9.17, 15) is 36.2 Å². The molecule has 168 valence electrons. The lowest BCUT2D eigenvalue weighted by atomic mass is 9.83. The van der Waals surface area contributed by atoms with Gasteiger partial charge in [0.25, 0.3) is 5.91 Å². The highest BCUT2D eigenvalue weighted by Crippen LogP contribution is 2.47. The van der Waals surface area contributed by atoms with E-state index >= 15 is 0 Å². The molecule has 1 saturated heterocycles. The summed E-state index contributed by atoms with van der Waals surface area (Å²) in [5.41, 5.74) is -0.228. The Morgan fingerprint density at radius 2 is 1.81 bits per heavy atom. The van der Waals surface area contributed by atoms with Gasteiger partial charge in [-0.3, -0.25) is 9.89 Å². The average Bonchev–Trinajstić information content (AvgIpc) is 3.10. The summed E-state index contributed by atoms with van der Waals surface area (Å²) in [5, 5.41) is 18.4. The topological polar surface area (TPSA) is 107 Å². The summed E-state index contributed by atoms with van der Waals surface area (Å²) in [6, 6.07) is 1.33. The maximum absolute atomic E-state index is 13.6. The Hall–Kier alpha value is -2.90. The Morgan fingerprint density at radius 1 is 1.13 bits per heavy atom. The average molecular weight is 450 g/mol. The second kappa shape index (κ2) is 7.35. The van der Waals surface area contributed by atoms with Gasteiger partial charge in [-0.25, -0.2) is 9.97 Å². The summed E-state index contributed by atoms with van der Waals surface area (Å²) < 4.78 is 79.3. The lowest BCUT2D eigenvalue weighted by Gasteiger charge is -2.34. The number of nitrogens with zero attached hydrogens (tertiary/aromatic N) is 4. The summed E-state index contributed by atoms with van der Waals surface area (Å²) >= 11 is 0. The Labute approximate surface area is 170 Å². The highest BCUT2D eigenvalue weighted by Gasteiger charge is 2.53. The number of piperidine rings is 1. The van der Waals surface area contributed by atoms with Gasteiger partial charge >= 0.3 is 12.4 Å². The number of aromatic amines is 1. The molecule has 2 aliphatic heterocycles. The van der Waals surface area contributed by atoms with E-state index < -0.39 is 42.0 Å². The molecule has 0 saturated carbocycles. The van der Waals surface area contributed by atoms with E-state index in [-0.39, 0.29) is 48.8 Å². The summed E-state index contributed by atoms with van der Waals surface area (Å²) in [4.78, 5) is 20.0.